The zero-order chi connectivity index (χ0) is 24.0. The molecule has 1 aliphatic rings. The number of carbonyl (C=O) groups excluding carboxylic acids is 1. The molecule has 0 radical (unpaired) electrons. The first-order valence-corrected chi connectivity index (χ1v) is 12.6. The van der Waals surface area contributed by atoms with Gasteiger partial charge in [-0.15, -0.1) is 11.3 Å². The number of pyridine rings is 1. The second-order valence-electron chi connectivity index (χ2n) is 7.98. The third-order valence-corrected chi connectivity index (χ3v) is 8.32. The maximum Gasteiger partial charge on any atom is 0.254 e. The monoisotopic (exact) mass is 497 g/mol. The van der Waals surface area contributed by atoms with Gasteiger partial charge in [-0.25, -0.2) is 22.2 Å². The number of sulfone groups is 1. The van der Waals surface area contributed by atoms with Gasteiger partial charge in [-0.3, -0.25) is 9.78 Å². The second-order valence-corrected chi connectivity index (χ2v) is 11.0. The van der Waals surface area contributed by atoms with E-state index >= 15 is 0 Å². The highest BCUT2D eigenvalue weighted by molar-refractivity contribution is 7.90. The minimum Gasteiger partial charge on any atom is -0.337 e. The standard InChI is InChI=1S/C24H17F2N3O3S2/c1-29-12-17-7-15(2-4-19(17)24(29)30)23-28-11-21(33-23)16-6-14(9-27-10-16)13-34(31,32)22-5-3-18(25)8-20(22)26/h2-11H,12-13H2,1H3. The van der Waals surface area contributed by atoms with Gasteiger partial charge in [-0.1, -0.05) is 6.07 Å². The quantitative estimate of drug-likeness (QED) is 0.373. The van der Waals surface area contributed by atoms with E-state index in [0.29, 0.717) is 29.3 Å². The Bertz CT molecular complexity index is 1550. The van der Waals surface area contributed by atoms with E-state index in [4.69, 9.17) is 0 Å². The molecule has 0 saturated heterocycles. The number of hydrogen-bond donors (Lipinski definition) is 0. The van der Waals surface area contributed by atoms with Crippen LogP contribution in [0.5, 0.6) is 0 Å². The average Bonchev–Trinajstić information content (AvgIpc) is 3.38. The number of aromatic nitrogens is 2. The van der Waals surface area contributed by atoms with Gasteiger partial charge in [-0.2, -0.15) is 0 Å². The van der Waals surface area contributed by atoms with Crippen LogP contribution >= 0.6 is 11.3 Å². The van der Waals surface area contributed by atoms with E-state index in [2.05, 4.69) is 9.97 Å². The molecule has 0 spiro atoms. The SMILES string of the molecule is CN1Cc2cc(-c3ncc(-c4cncc(CS(=O)(=O)c5ccc(F)cc5F)c4)s3)ccc2C1=O. The van der Waals surface area contributed by atoms with Crippen molar-refractivity contribution in [1.82, 2.24) is 14.9 Å². The molecule has 0 aliphatic carbocycles. The lowest BCUT2D eigenvalue weighted by atomic mass is 10.1. The van der Waals surface area contributed by atoms with Crippen LogP contribution in [0.15, 0.2) is 66.0 Å². The van der Waals surface area contributed by atoms with E-state index in [1.807, 2.05) is 12.1 Å². The molecule has 0 bridgehead atoms. The van der Waals surface area contributed by atoms with Crippen molar-refractivity contribution in [2.45, 2.75) is 17.2 Å². The summed E-state index contributed by atoms with van der Waals surface area (Å²) in [5.41, 5.74) is 3.57. The largest absolute Gasteiger partial charge is 0.337 e. The lowest BCUT2D eigenvalue weighted by Crippen LogP contribution is -2.17. The first kappa shape index (κ1) is 22.3. The number of benzene rings is 2. The Morgan fingerprint density at radius 3 is 2.65 bits per heavy atom. The number of nitrogens with zero attached hydrogens (tertiary/aromatic N) is 3. The molecule has 2 aromatic heterocycles. The average molecular weight is 498 g/mol. The maximum atomic E-state index is 14.0. The molecule has 34 heavy (non-hydrogen) atoms. The smallest absolute Gasteiger partial charge is 0.254 e. The fraction of sp³-hybridized carbons (Fsp3) is 0.125. The highest BCUT2D eigenvalue weighted by Crippen LogP contribution is 2.34. The summed E-state index contributed by atoms with van der Waals surface area (Å²) in [6, 6.07) is 9.67. The van der Waals surface area contributed by atoms with Gasteiger partial charge >= 0.3 is 0 Å². The Balaban J connectivity index is 1.41. The molecule has 1 aliphatic heterocycles. The van der Waals surface area contributed by atoms with Gasteiger partial charge in [-0.05, 0) is 41.5 Å². The fourth-order valence-electron chi connectivity index (χ4n) is 3.87. The van der Waals surface area contributed by atoms with Crippen molar-refractivity contribution in [2.75, 3.05) is 7.05 Å². The van der Waals surface area contributed by atoms with Crippen molar-refractivity contribution in [3.05, 3.63) is 89.4 Å². The Kier molecular flexibility index (Phi) is 5.49. The first-order valence-electron chi connectivity index (χ1n) is 10.2. The molecule has 0 atom stereocenters. The second kappa shape index (κ2) is 8.37. The van der Waals surface area contributed by atoms with Gasteiger partial charge in [0, 0.05) is 54.9 Å². The van der Waals surface area contributed by atoms with Crippen molar-refractivity contribution in [1.29, 1.82) is 0 Å². The molecule has 0 unspecified atom stereocenters. The zero-order valence-corrected chi connectivity index (χ0v) is 19.5. The van der Waals surface area contributed by atoms with Crippen molar-refractivity contribution in [3.63, 3.8) is 0 Å². The highest BCUT2D eigenvalue weighted by atomic mass is 32.2. The maximum absolute atomic E-state index is 14.0. The number of thiazole rings is 1. The number of carbonyl (C=O) groups is 1. The van der Waals surface area contributed by atoms with Gasteiger partial charge < -0.3 is 4.90 Å². The van der Waals surface area contributed by atoms with Crippen molar-refractivity contribution >= 4 is 27.1 Å². The topological polar surface area (TPSA) is 80.2 Å². The summed E-state index contributed by atoms with van der Waals surface area (Å²) in [7, 11) is -2.28. The predicted molar refractivity (Wildman–Crippen MR) is 124 cm³/mol. The van der Waals surface area contributed by atoms with E-state index in [-0.39, 0.29) is 5.91 Å². The van der Waals surface area contributed by atoms with Crippen molar-refractivity contribution in [3.8, 4) is 21.0 Å². The van der Waals surface area contributed by atoms with Crippen LogP contribution in [0.4, 0.5) is 8.78 Å². The van der Waals surface area contributed by atoms with Gasteiger partial charge in [0.15, 0.2) is 9.84 Å². The third-order valence-electron chi connectivity index (χ3n) is 5.51. The van der Waals surface area contributed by atoms with Crippen LogP contribution in [-0.2, 0) is 22.1 Å². The van der Waals surface area contributed by atoms with E-state index in [1.165, 1.54) is 17.5 Å². The molecule has 0 fully saturated rings. The molecule has 5 rings (SSSR count). The summed E-state index contributed by atoms with van der Waals surface area (Å²) in [4.78, 5) is 22.6. The minimum absolute atomic E-state index is 0.000243. The highest BCUT2D eigenvalue weighted by Gasteiger charge is 2.25. The van der Waals surface area contributed by atoms with Crippen LogP contribution < -0.4 is 0 Å². The molecule has 0 N–H and O–H groups in total. The summed E-state index contributed by atoms with van der Waals surface area (Å²) < 4.78 is 52.5. The Hall–Kier alpha value is -3.50. The molecule has 2 aromatic carbocycles. The zero-order valence-electron chi connectivity index (χ0n) is 17.8. The van der Waals surface area contributed by atoms with Crippen LogP contribution in [0.1, 0.15) is 21.5 Å². The molecule has 6 nitrogen and oxygen atoms in total. The van der Waals surface area contributed by atoms with Gasteiger partial charge in [0.05, 0.1) is 10.6 Å². The number of halogens is 2. The summed E-state index contributed by atoms with van der Waals surface area (Å²) in [6.07, 6.45) is 4.68. The van der Waals surface area contributed by atoms with Crippen LogP contribution in [0.2, 0.25) is 0 Å². The molecule has 1 amide bonds. The first-order chi connectivity index (χ1) is 16.2. The molecule has 3 heterocycles. The van der Waals surface area contributed by atoms with Crippen molar-refractivity contribution < 1.29 is 22.0 Å². The molecule has 172 valence electrons. The summed E-state index contributed by atoms with van der Waals surface area (Å²) in [6.45, 7) is 0.551. The minimum atomic E-state index is -4.04. The molecule has 10 heteroatoms. The molecular weight excluding hydrogens is 480 g/mol. The van der Waals surface area contributed by atoms with Crippen LogP contribution in [0.3, 0.4) is 0 Å². The number of amides is 1. The molecule has 0 saturated carbocycles. The Morgan fingerprint density at radius 2 is 1.85 bits per heavy atom. The van der Waals surface area contributed by atoms with E-state index in [0.717, 1.165) is 33.1 Å². The predicted octanol–water partition coefficient (Wildman–Crippen LogP) is 4.71. The summed E-state index contributed by atoms with van der Waals surface area (Å²) in [5.74, 6) is -2.45. The van der Waals surface area contributed by atoms with Crippen molar-refractivity contribution in [2.24, 2.45) is 0 Å². The van der Waals surface area contributed by atoms with E-state index < -0.39 is 32.1 Å². The third kappa shape index (κ3) is 4.10. The fourth-order valence-corrected chi connectivity index (χ4v) is 6.14. The normalized spacial score (nSPS) is 13.4. The molecular formula is C24H17F2N3O3S2. The lowest BCUT2D eigenvalue weighted by molar-refractivity contribution is 0.0816. The number of rotatable bonds is 5. The van der Waals surface area contributed by atoms with E-state index in [9.17, 15) is 22.0 Å². The van der Waals surface area contributed by atoms with Gasteiger partial charge in [0.2, 0.25) is 0 Å². The van der Waals surface area contributed by atoms with Crippen LogP contribution in [-0.4, -0.2) is 36.2 Å². The van der Waals surface area contributed by atoms with E-state index in [1.54, 1.807) is 36.5 Å². The Morgan fingerprint density at radius 1 is 1.03 bits per heavy atom. The van der Waals surface area contributed by atoms with Crippen LogP contribution in [0, 0.1) is 11.6 Å². The van der Waals surface area contributed by atoms with Crippen LogP contribution in [0.25, 0.3) is 21.0 Å². The number of fused-ring (bicyclic) bond motifs is 1. The molecule has 4 aromatic rings. The van der Waals surface area contributed by atoms with Gasteiger partial charge in [0.1, 0.15) is 21.5 Å². The number of hydrogen-bond acceptors (Lipinski definition) is 6. The van der Waals surface area contributed by atoms with Gasteiger partial charge in [0.25, 0.3) is 5.91 Å². The lowest BCUT2D eigenvalue weighted by Gasteiger charge is -2.07. The summed E-state index contributed by atoms with van der Waals surface area (Å²) in [5, 5.41) is 0.756. The Labute approximate surface area is 198 Å². The summed E-state index contributed by atoms with van der Waals surface area (Å²) >= 11 is 1.41.